The maximum absolute atomic E-state index is 6.37. The van der Waals surface area contributed by atoms with Gasteiger partial charge in [-0.15, -0.1) is 0 Å². The molecule has 0 spiro atoms. The second-order valence-electron chi connectivity index (χ2n) is 5.30. The van der Waals surface area contributed by atoms with E-state index in [-0.39, 0.29) is 0 Å². The van der Waals surface area contributed by atoms with Crippen molar-refractivity contribution in [1.82, 2.24) is 4.98 Å². The van der Waals surface area contributed by atoms with Crippen molar-refractivity contribution in [2.75, 3.05) is 11.9 Å². The lowest BCUT2D eigenvalue weighted by atomic mass is 9.92. The number of pyridine rings is 1. The molecular weight excluding hydrogens is 336 g/mol. The number of aromatic nitrogens is 1. The van der Waals surface area contributed by atoms with Crippen LogP contribution in [0.5, 0.6) is 0 Å². The highest BCUT2D eigenvalue weighted by molar-refractivity contribution is 9.10. The van der Waals surface area contributed by atoms with Gasteiger partial charge in [0.05, 0.1) is 10.5 Å². The van der Waals surface area contributed by atoms with E-state index in [0.717, 1.165) is 46.2 Å². The Hall–Kier alpha value is -0.800. The molecule has 2 nitrogen and oxygen atoms in total. The Labute approximate surface area is 133 Å². The molecule has 1 N–H and O–H groups in total. The van der Waals surface area contributed by atoms with Crippen LogP contribution in [0.25, 0.3) is 10.9 Å². The van der Waals surface area contributed by atoms with E-state index in [4.69, 9.17) is 16.6 Å². The minimum absolute atomic E-state index is 0.733. The number of benzene rings is 1. The van der Waals surface area contributed by atoms with E-state index in [9.17, 15) is 0 Å². The van der Waals surface area contributed by atoms with Gasteiger partial charge in [0.25, 0.3) is 0 Å². The summed E-state index contributed by atoms with van der Waals surface area (Å²) in [6.07, 6.45) is 5.76. The van der Waals surface area contributed by atoms with Crippen molar-refractivity contribution in [2.45, 2.75) is 39.0 Å². The summed E-state index contributed by atoms with van der Waals surface area (Å²) in [5, 5.41) is 5.47. The zero-order valence-electron chi connectivity index (χ0n) is 11.6. The lowest BCUT2D eigenvalue weighted by Crippen LogP contribution is -2.12. The average Bonchev–Trinajstić information content (AvgIpc) is 2.48. The number of rotatable bonds is 3. The normalized spacial score (nSPS) is 14.3. The number of nitrogens with zero attached hydrogens (tertiary/aromatic N) is 1. The van der Waals surface area contributed by atoms with Gasteiger partial charge in [-0.05, 0) is 49.8 Å². The molecule has 0 saturated heterocycles. The molecule has 1 aliphatic carbocycles. The number of hydrogen-bond acceptors (Lipinski definition) is 2. The Kier molecular flexibility index (Phi) is 4.18. The molecule has 0 amide bonds. The van der Waals surface area contributed by atoms with E-state index in [2.05, 4.69) is 28.2 Å². The van der Waals surface area contributed by atoms with Crippen molar-refractivity contribution in [1.29, 1.82) is 0 Å². The molecule has 0 radical (unpaired) electrons. The lowest BCUT2D eigenvalue weighted by molar-refractivity contribution is 0.672. The lowest BCUT2D eigenvalue weighted by Gasteiger charge is -2.22. The van der Waals surface area contributed by atoms with Gasteiger partial charge in [0, 0.05) is 27.8 Å². The van der Waals surface area contributed by atoms with Gasteiger partial charge in [-0.1, -0.05) is 34.5 Å². The van der Waals surface area contributed by atoms with Gasteiger partial charge in [0.2, 0.25) is 0 Å². The van der Waals surface area contributed by atoms with Crippen molar-refractivity contribution in [3.8, 4) is 0 Å². The van der Waals surface area contributed by atoms with Gasteiger partial charge < -0.3 is 5.32 Å². The quantitative estimate of drug-likeness (QED) is 0.804. The van der Waals surface area contributed by atoms with Gasteiger partial charge in [-0.3, -0.25) is 4.98 Å². The molecule has 0 fully saturated rings. The summed E-state index contributed by atoms with van der Waals surface area (Å²) < 4.78 is 1.07. The molecule has 4 heteroatoms. The predicted octanol–water partition coefficient (Wildman–Crippen LogP) is 5.35. The van der Waals surface area contributed by atoms with Crippen LogP contribution in [0, 0.1) is 0 Å². The monoisotopic (exact) mass is 352 g/mol. The van der Waals surface area contributed by atoms with Crippen molar-refractivity contribution in [3.05, 3.63) is 32.9 Å². The molecule has 20 heavy (non-hydrogen) atoms. The summed E-state index contributed by atoms with van der Waals surface area (Å²) in [7, 11) is 0. The molecular formula is C16H18BrClN2. The van der Waals surface area contributed by atoms with E-state index < -0.39 is 0 Å². The highest BCUT2D eigenvalue weighted by atomic mass is 79.9. The first kappa shape index (κ1) is 14.2. The van der Waals surface area contributed by atoms with E-state index in [1.807, 2.05) is 12.1 Å². The van der Waals surface area contributed by atoms with Gasteiger partial charge in [-0.25, -0.2) is 0 Å². The first-order valence-corrected chi connectivity index (χ1v) is 8.42. The maximum atomic E-state index is 6.37. The molecule has 0 atom stereocenters. The summed E-state index contributed by atoms with van der Waals surface area (Å²) >= 11 is 10.0. The van der Waals surface area contributed by atoms with Crippen LogP contribution >= 0.6 is 27.5 Å². The van der Waals surface area contributed by atoms with E-state index in [1.165, 1.54) is 29.8 Å². The van der Waals surface area contributed by atoms with Crippen molar-refractivity contribution < 1.29 is 0 Å². The Balaban J connectivity index is 2.30. The van der Waals surface area contributed by atoms with Crippen LogP contribution in [0.2, 0.25) is 5.02 Å². The van der Waals surface area contributed by atoms with Crippen LogP contribution in [-0.2, 0) is 12.8 Å². The predicted molar refractivity (Wildman–Crippen MR) is 89.9 cm³/mol. The van der Waals surface area contributed by atoms with E-state index in [1.54, 1.807) is 0 Å². The fourth-order valence-corrected chi connectivity index (χ4v) is 3.62. The Morgan fingerprint density at radius 2 is 2.10 bits per heavy atom. The molecule has 1 aliphatic rings. The van der Waals surface area contributed by atoms with E-state index >= 15 is 0 Å². The molecule has 0 saturated carbocycles. The topological polar surface area (TPSA) is 24.9 Å². The number of halogens is 2. The van der Waals surface area contributed by atoms with Crippen LogP contribution in [0.15, 0.2) is 16.6 Å². The first-order chi connectivity index (χ1) is 9.72. The van der Waals surface area contributed by atoms with Crippen LogP contribution in [-0.4, -0.2) is 11.5 Å². The average molecular weight is 354 g/mol. The highest BCUT2D eigenvalue weighted by Gasteiger charge is 2.20. The Bertz CT molecular complexity index is 655. The van der Waals surface area contributed by atoms with Crippen molar-refractivity contribution in [2.24, 2.45) is 0 Å². The number of hydrogen-bond donors (Lipinski definition) is 1. The molecule has 0 bridgehead atoms. The summed E-state index contributed by atoms with van der Waals surface area (Å²) in [4.78, 5) is 4.84. The summed E-state index contributed by atoms with van der Waals surface area (Å²) in [6, 6.07) is 3.93. The van der Waals surface area contributed by atoms with Gasteiger partial charge in [-0.2, -0.15) is 0 Å². The van der Waals surface area contributed by atoms with Crippen LogP contribution < -0.4 is 5.32 Å². The first-order valence-electron chi connectivity index (χ1n) is 7.25. The Morgan fingerprint density at radius 1 is 1.30 bits per heavy atom. The second kappa shape index (κ2) is 5.90. The number of fused-ring (bicyclic) bond motifs is 2. The van der Waals surface area contributed by atoms with Crippen molar-refractivity contribution in [3.63, 3.8) is 0 Å². The van der Waals surface area contributed by atoms with Crippen LogP contribution in [0.4, 0.5) is 5.69 Å². The molecule has 3 rings (SSSR count). The molecule has 106 valence electrons. The summed E-state index contributed by atoms with van der Waals surface area (Å²) in [5.41, 5.74) is 4.77. The zero-order valence-corrected chi connectivity index (χ0v) is 13.9. The largest absolute Gasteiger partial charge is 0.384 e. The van der Waals surface area contributed by atoms with Crippen LogP contribution in [0.3, 0.4) is 0 Å². The second-order valence-corrected chi connectivity index (χ2v) is 6.56. The molecule has 0 aliphatic heterocycles. The van der Waals surface area contributed by atoms with E-state index in [0.29, 0.717) is 0 Å². The summed E-state index contributed by atoms with van der Waals surface area (Å²) in [5.74, 6) is 0. The maximum Gasteiger partial charge on any atom is 0.0923 e. The fraction of sp³-hybridized carbons (Fsp3) is 0.438. The SMILES string of the molecule is CCCNc1c2c(nc3c(Cl)ccc(Br)c13)CCCC2. The third-order valence-corrected chi connectivity index (χ3v) is 4.83. The van der Waals surface area contributed by atoms with Gasteiger partial charge in [0.1, 0.15) is 0 Å². The molecule has 2 aromatic rings. The number of aryl methyl sites for hydroxylation is 1. The molecule has 1 heterocycles. The molecule has 1 aromatic carbocycles. The van der Waals surface area contributed by atoms with Crippen LogP contribution in [0.1, 0.15) is 37.4 Å². The number of anilines is 1. The molecule has 1 aromatic heterocycles. The number of nitrogens with one attached hydrogen (secondary N) is 1. The third kappa shape index (κ3) is 2.42. The third-order valence-electron chi connectivity index (χ3n) is 3.87. The standard InChI is InChI=1S/C16H18BrClN2/c1-2-9-19-15-10-5-3-4-6-13(10)20-16-12(18)8-7-11(17)14(15)16/h7-8H,2-6,9H2,1H3,(H,19,20). The zero-order chi connectivity index (χ0) is 14.1. The fourth-order valence-electron chi connectivity index (χ4n) is 2.90. The van der Waals surface area contributed by atoms with Gasteiger partial charge in [0.15, 0.2) is 0 Å². The minimum atomic E-state index is 0.733. The minimum Gasteiger partial charge on any atom is -0.384 e. The Morgan fingerprint density at radius 3 is 2.90 bits per heavy atom. The highest BCUT2D eigenvalue weighted by Crippen LogP contribution is 2.39. The summed E-state index contributed by atoms with van der Waals surface area (Å²) in [6.45, 7) is 3.16. The smallest absolute Gasteiger partial charge is 0.0923 e. The molecule has 0 unspecified atom stereocenters. The van der Waals surface area contributed by atoms with Crippen molar-refractivity contribution >= 4 is 44.1 Å². The van der Waals surface area contributed by atoms with Gasteiger partial charge >= 0.3 is 0 Å².